The highest BCUT2D eigenvalue weighted by Crippen LogP contribution is 2.22. The Morgan fingerprint density at radius 2 is 1.83 bits per heavy atom. The second-order valence-electron chi connectivity index (χ2n) is 6.21. The standard InChI is InChI=1S/C18H26N2O3/c21-13-16(18(23)19-12-15-9-5-2-6-10-15)20-17(22)11-14-7-3-1-4-8-14/h1,3-4,7-8,15-16,21H,2,5-6,9-13H2,(H,19,23)(H,20,22)/t16-/m0/s1. The average molecular weight is 318 g/mol. The van der Waals surface area contributed by atoms with Crippen molar-refractivity contribution in [2.24, 2.45) is 5.92 Å². The van der Waals surface area contributed by atoms with Crippen molar-refractivity contribution in [1.82, 2.24) is 10.6 Å². The van der Waals surface area contributed by atoms with Crippen LogP contribution in [0.4, 0.5) is 0 Å². The summed E-state index contributed by atoms with van der Waals surface area (Å²) in [5.74, 6) is -0.0467. The van der Waals surface area contributed by atoms with Crippen LogP contribution in [0, 0.1) is 5.92 Å². The predicted molar refractivity (Wildman–Crippen MR) is 88.7 cm³/mol. The molecule has 3 N–H and O–H groups in total. The fourth-order valence-electron chi connectivity index (χ4n) is 2.98. The Morgan fingerprint density at radius 3 is 2.48 bits per heavy atom. The van der Waals surface area contributed by atoms with Crippen LogP contribution in [0.1, 0.15) is 37.7 Å². The molecule has 23 heavy (non-hydrogen) atoms. The summed E-state index contributed by atoms with van der Waals surface area (Å²) in [5, 5.41) is 14.8. The fraction of sp³-hybridized carbons (Fsp3) is 0.556. The van der Waals surface area contributed by atoms with E-state index in [1.807, 2.05) is 30.3 Å². The van der Waals surface area contributed by atoms with Gasteiger partial charge in [-0.05, 0) is 24.3 Å². The third-order valence-electron chi connectivity index (χ3n) is 4.33. The third-order valence-corrected chi connectivity index (χ3v) is 4.33. The van der Waals surface area contributed by atoms with Crippen molar-refractivity contribution in [3.05, 3.63) is 35.9 Å². The fourth-order valence-corrected chi connectivity index (χ4v) is 2.98. The summed E-state index contributed by atoms with van der Waals surface area (Å²) in [6.45, 7) is 0.237. The predicted octanol–water partition coefficient (Wildman–Crippen LogP) is 1.40. The number of aliphatic hydroxyl groups excluding tert-OH is 1. The van der Waals surface area contributed by atoms with E-state index in [4.69, 9.17) is 0 Å². The monoisotopic (exact) mass is 318 g/mol. The van der Waals surface area contributed by atoms with Gasteiger partial charge < -0.3 is 15.7 Å². The number of benzene rings is 1. The molecule has 0 aliphatic heterocycles. The minimum absolute atomic E-state index is 0.202. The van der Waals surface area contributed by atoms with Gasteiger partial charge in [0.05, 0.1) is 13.0 Å². The van der Waals surface area contributed by atoms with Gasteiger partial charge in [0, 0.05) is 6.54 Å². The number of rotatable bonds is 7. The molecule has 0 unspecified atom stereocenters. The Balaban J connectivity index is 1.76. The summed E-state index contributed by atoms with van der Waals surface area (Å²) >= 11 is 0. The highest BCUT2D eigenvalue weighted by atomic mass is 16.3. The highest BCUT2D eigenvalue weighted by Gasteiger charge is 2.21. The quantitative estimate of drug-likeness (QED) is 0.711. The average Bonchev–Trinajstić information content (AvgIpc) is 2.59. The molecule has 0 radical (unpaired) electrons. The molecule has 1 saturated carbocycles. The van der Waals surface area contributed by atoms with Gasteiger partial charge in [0.1, 0.15) is 6.04 Å². The van der Waals surface area contributed by atoms with Gasteiger partial charge in [-0.2, -0.15) is 0 Å². The first-order valence-electron chi connectivity index (χ1n) is 8.41. The number of aliphatic hydroxyl groups is 1. The summed E-state index contributed by atoms with van der Waals surface area (Å²) in [7, 11) is 0. The van der Waals surface area contributed by atoms with Gasteiger partial charge in [-0.1, -0.05) is 49.6 Å². The van der Waals surface area contributed by atoms with Gasteiger partial charge in [-0.25, -0.2) is 0 Å². The Hall–Kier alpha value is -1.88. The van der Waals surface area contributed by atoms with E-state index in [-0.39, 0.29) is 18.2 Å². The van der Waals surface area contributed by atoms with Gasteiger partial charge in [-0.3, -0.25) is 9.59 Å². The molecule has 5 nitrogen and oxygen atoms in total. The molecule has 0 spiro atoms. The van der Waals surface area contributed by atoms with E-state index in [2.05, 4.69) is 10.6 Å². The van der Waals surface area contributed by atoms with Gasteiger partial charge in [0.2, 0.25) is 11.8 Å². The van der Waals surface area contributed by atoms with E-state index in [1.165, 1.54) is 19.3 Å². The number of hydrogen-bond donors (Lipinski definition) is 3. The molecule has 5 heteroatoms. The molecular formula is C18H26N2O3. The number of amides is 2. The van der Waals surface area contributed by atoms with Crippen LogP contribution in [0.3, 0.4) is 0 Å². The first-order valence-corrected chi connectivity index (χ1v) is 8.41. The van der Waals surface area contributed by atoms with Crippen LogP contribution in [0.25, 0.3) is 0 Å². The number of nitrogens with one attached hydrogen (secondary N) is 2. The molecule has 1 aromatic rings. The molecule has 126 valence electrons. The number of carbonyl (C=O) groups excluding carboxylic acids is 2. The van der Waals surface area contributed by atoms with Crippen molar-refractivity contribution < 1.29 is 14.7 Å². The Kier molecular flexibility index (Phi) is 7.07. The van der Waals surface area contributed by atoms with Gasteiger partial charge in [0.15, 0.2) is 0 Å². The van der Waals surface area contributed by atoms with Crippen LogP contribution < -0.4 is 10.6 Å². The lowest BCUT2D eigenvalue weighted by Crippen LogP contribution is -2.50. The molecular weight excluding hydrogens is 292 g/mol. The Bertz CT molecular complexity index is 498. The van der Waals surface area contributed by atoms with Crippen LogP contribution in [-0.4, -0.2) is 36.1 Å². The lowest BCUT2D eigenvalue weighted by molar-refractivity contribution is -0.129. The summed E-state index contributed by atoms with van der Waals surface area (Å²) in [5.41, 5.74) is 0.879. The van der Waals surface area contributed by atoms with E-state index >= 15 is 0 Å². The maximum Gasteiger partial charge on any atom is 0.244 e. The largest absolute Gasteiger partial charge is 0.394 e. The molecule has 0 aromatic heterocycles. The van der Waals surface area contributed by atoms with E-state index in [0.29, 0.717) is 12.5 Å². The van der Waals surface area contributed by atoms with Crippen molar-refractivity contribution in [3.63, 3.8) is 0 Å². The van der Waals surface area contributed by atoms with Crippen molar-refractivity contribution in [2.75, 3.05) is 13.2 Å². The van der Waals surface area contributed by atoms with Crippen LogP contribution in [0.15, 0.2) is 30.3 Å². The SMILES string of the molecule is O=C(Cc1ccccc1)N[C@@H](CO)C(=O)NCC1CCCCC1. The highest BCUT2D eigenvalue weighted by molar-refractivity contribution is 5.88. The summed E-state index contributed by atoms with van der Waals surface area (Å²) in [6, 6.07) is 8.45. The Labute approximate surface area is 137 Å². The van der Waals surface area contributed by atoms with E-state index in [1.54, 1.807) is 0 Å². The van der Waals surface area contributed by atoms with Gasteiger partial charge in [-0.15, -0.1) is 0 Å². The maximum atomic E-state index is 12.1. The van der Waals surface area contributed by atoms with Crippen LogP contribution in [-0.2, 0) is 16.0 Å². The zero-order chi connectivity index (χ0) is 16.5. The van der Waals surface area contributed by atoms with Crippen molar-refractivity contribution in [2.45, 2.75) is 44.6 Å². The smallest absolute Gasteiger partial charge is 0.244 e. The topological polar surface area (TPSA) is 78.4 Å². The molecule has 1 aromatic carbocycles. The Morgan fingerprint density at radius 1 is 1.13 bits per heavy atom. The molecule has 1 fully saturated rings. The number of hydrogen-bond acceptors (Lipinski definition) is 3. The van der Waals surface area contributed by atoms with Crippen molar-refractivity contribution in [3.8, 4) is 0 Å². The van der Waals surface area contributed by atoms with Crippen molar-refractivity contribution in [1.29, 1.82) is 0 Å². The van der Waals surface area contributed by atoms with Crippen LogP contribution in [0.2, 0.25) is 0 Å². The molecule has 0 heterocycles. The molecule has 2 amide bonds. The zero-order valence-electron chi connectivity index (χ0n) is 13.5. The molecule has 2 rings (SSSR count). The van der Waals surface area contributed by atoms with Gasteiger partial charge in [0.25, 0.3) is 0 Å². The van der Waals surface area contributed by atoms with Crippen LogP contribution >= 0.6 is 0 Å². The molecule has 1 atom stereocenters. The molecule has 0 saturated heterocycles. The minimum Gasteiger partial charge on any atom is -0.394 e. The second-order valence-corrected chi connectivity index (χ2v) is 6.21. The summed E-state index contributed by atoms with van der Waals surface area (Å²) in [4.78, 5) is 24.1. The summed E-state index contributed by atoms with van der Waals surface area (Å²) < 4.78 is 0. The molecule has 1 aliphatic carbocycles. The maximum absolute atomic E-state index is 12.1. The first-order chi connectivity index (χ1) is 11.2. The molecule has 0 bridgehead atoms. The minimum atomic E-state index is -0.880. The zero-order valence-corrected chi connectivity index (χ0v) is 13.5. The number of carbonyl (C=O) groups is 2. The molecule has 1 aliphatic rings. The second kappa shape index (κ2) is 9.30. The van der Waals surface area contributed by atoms with Gasteiger partial charge >= 0.3 is 0 Å². The van der Waals surface area contributed by atoms with E-state index in [9.17, 15) is 14.7 Å². The lowest BCUT2D eigenvalue weighted by atomic mass is 9.89. The lowest BCUT2D eigenvalue weighted by Gasteiger charge is -2.23. The van der Waals surface area contributed by atoms with E-state index in [0.717, 1.165) is 18.4 Å². The van der Waals surface area contributed by atoms with Crippen LogP contribution in [0.5, 0.6) is 0 Å². The third kappa shape index (κ3) is 6.02. The normalized spacial score (nSPS) is 16.6. The summed E-state index contributed by atoms with van der Waals surface area (Å²) in [6.07, 6.45) is 6.21. The first kappa shape index (κ1) is 17.5. The van der Waals surface area contributed by atoms with E-state index < -0.39 is 12.6 Å². The van der Waals surface area contributed by atoms with Crippen molar-refractivity contribution >= 4 is 11.8 Å².